The van der Waals surface area contributed by atoms with E-state index in [1.54, 1.807) is 0 Å². The first-order valence-electron chi connectivity index (χ1n) is 8.61. The molecule has 1 aromatic carbocycles. The van der Waals surface area contributed by atoms with E-state index in [-0.39, 0.29) is 11.9 Å². The van der Waals surface area contributed by atoms with Crippen molar-refractivity contribution >= 4 is 23.3 Å². The van der Waals surface area contributed by atoms with Gasteiger partial charge in [-0.25, -0.2) is 0 Å². The molecule has 2 aliphatic carbocycles. The van der Waals surface area contributed by atoms with E-state index in [1.807, 2.05) is 26.0 Å². The second-order valence-electron chi connectivity index (χ2n) is 7.30. The number of methoxy groups -OCH3 is 1. The van der Waals surface area contributed by atoms with E-state index < -0.39 is 17.0 Å². The maximum atomic E-state index is 12.9. The molecule has 0 aromatic heterocycles. The van der Waals surface area contributed by atoms with Gasteiger partial charge in [0.1, 0.15) is 5.76 Å². The van der Waals surface area contributed by atoms with Crippen molar-refractivity contribution in [1.82, 2.24) is 0 Å². The minimum absolute atomic E-state index is 0.0732. The van der Waals surface area contributed by atoms with Gasteiger partial charge in [-0.2, -0.15) is 0 Å². The number of fused-ring (bicyclic) bond motifs is 4. The molecule has 0 spiro atoms. The van der Waals surface area contributed by atoms with Gasteiger partial charge in [0, 0.05) is 17.0 Å². The lowest BCUT2D eigenvalue weighted by Gasteiger charge is -2.35. The summed E-state index contributed by atoms with van der Waals surface area (Å²) in [5.74, 6) is -0.784. The Hall–Kier alpha value is -2.43. The molecule has 1 heterocycles. The maximum absolute atomic E-state index is 12.9. The SMILES string of the molecule is COC(=O)C1(C)CCCc2c1ccc1c2C(=O)C(=O)C2=C1OCC2C. The Morgan fingerprint density at radius 2 is 2.04 bits per heavy atom. The van der Waals surface area contributed by atoms with Gasteiger partial charge in [0.05, 0.1) is 24.7 Å². The van der Waals surface area contributed by atoms with Crippen LogP contribution in [0.15, 0.2) is 17.7 Å². The fourth-order valence-corrected chi connectivity index (χ4v) is 4.44. The normalized spacial score (nSPS) is 27.4. The average molecular weight is 340 g/mol. The number of benzene rings is 1. The molecule has 0 radical (unpaired) electrons. The number of hydrogen-bond acceptors (Lipinski definition) is 5. The standard InChI is InChI=1S/C20H20O5/c1-10-9-25-18-12-6-7-13-11(15(12)17(22)16(21)14(10)18)5-4-8-20(13,2)19(23)24-3/h6-7,10H,4-5,8-9H2,1-3H3. The molecule has 3 aliphatic rings. The zero-order chi connectivity index (χ0) is 17.9. The van der Waals surface area contributed by atoms with Crippen LogP contribution in [0.2, 0.25) is 0 Å². The van der Waals surface area contributed by atoms with Crippen molar-refractivity contribution < 1.29 is 23.9 Å². The maximum Gasteiger partial charge on any atom is 0.316 e. The van der Waals surface area contributed by atoms with Crippen molar-refractivity contribution in [2.24, 2.45) is 5.92 Å². The summed E-state index contributed by atoms with van der Waals surface area (Å²) in [6, 6.07) is 3.71. The summed E-state index contributed by atoms with van der Waals surface area (Å²) < 4.78 is 10.7. The van der Waals surface area contributed by atoms with E-state index in [4.69, 9.17) is 9.47 Å². The molecule has 1 aliphatic heterocycles. The summed E-state index contributed by atoms with van der Waals surface area (Å²) in [6.07, 6.45) is 2.09. The highest BCUT2D eigenvalue weighted by Crippen LogP contribution is 2.45. The predicted octanol–water partition coefficient (Wildman–Crippen LogP) is 2.60. The van der Waals surface area contributed by atoms with E-state index >= 15 is 0 Å². The van der Waals surface area contributed by atoms with Crippen molar-refractivity contribution in [1.29, 1.82) is 0 Å². The Morgan fingerprint density at radius 3 is 2.76 bits per heavy atom. The van der Waals surface area contributed by atoms with Crippen molar-refractivity contribution in [3.63, 3.8) is 0 Å². The molecule has 0 amide bonds. The highest BCUT2D eigenvalue weighted by Gasteiger charge is 2.46. The van der Waals surface area contributed by atoms with Gasteiger partial charge in [-0.1, -0.05) is 19.1 Å². The molecular weight excluding hydrogens is 320 g/mol. The number of Topliss-reactive ketones (excluding diaryl/α,β-unsaturated/α-hetero) is 2. The van der Waals surface area contributed by atoms with E-state index in [2.05, 4.69) is 0 Å². The zero-order valence-electron chi connectivity index (χ0n) is 14.6. The molecule has 0 saturated carbocycles. The summed E-state index contributed by atoms with van der Waals surface area (Å²) in [7, 11) is 1.37. The summed E-state index contributed by atoms with van der Waals surface area (Å²) >= 11 is 0. The molecule has 4 rings (SSSR count). The monoisotopic (exact) mass is 340 g/mol. The van der Waals surface area contributed by atoms with Gasteiger partial charge >= 0.3 is 5.97 Å². The van der Waals surface area contributed by atoms with Crippen LogP contribution in [-0.2, 0) is 30.9 Å². The van der Waals surface area contributed by atoms with Gasteiger partial charge in [-0.15, -0.1) is 0 Å². The van der Waals surface area contributed by atoms with E-state index in [1.165, 1.54) is 7.11 Å². The molecule has 0 saturated heterocycles. The molecule has 2 atom stereocenters. The third-order valence-corrected chi connectivity index (χ3v) is 5.78. The Balaban J connectivity index is 1.98. The van der Waals surface area contributed by atoms with E-state index in [0.29, 0.717) is 41.9 Å². The number of carbonyl (C=O) groups is 3. The molecule has 130 valence electrons. The third kappa shape index (κ3) is 1.98. The first-order chi connectivity index (χ1) is 11.9. The van der Waals surface area contributed by atoms with Crippen LogP contribution in [0, 0.1) is 5.92 Å². The number of esters is 1. The van der Waals surface area contributed by atoms with Crippen LogP contribution in [0.1, 0.15) is 53.7 Å². The minimum Gasteiger partial charge on any atom is -0.492 e. The largest absolute Gasteiger partial charge is 0.492 e. The van der Waals surface area contributed by atoms with Crippen LogP contribution in [0.25, 0.3) is 5.76 Å². The molecule has 2 unspecified atom stereocenters. The molecule has 25 heavy (non-hydrogen) atoms. The van der Waals surface area contributed by atoms with Crippen molar-refractivity contribution in [2.45, 2.75) is 38.5 Å². The quantitative estimate of drug-likeness (QED) is 0.580. The lowest BCUT2D eigenvalue weighted by molar-refractivity contribution is -0.147. The number of rotatable bonds is 1. The van der Waals surface area contributed by atoms with Crippen LogP contribution in [0.4, 0.5) is 0 Å². The lowest BCUT2D eigenvalue weighted by atomic mass is 9.68. The Labute approximate surface area is 146 Å². The van der Waals surface area contributed by atoms with Crippen LogP contribution in [0.3, 0.4) is 0 Å². The molecule has 5 heteroatoms. The average Bonchev–Trinajstić information content (AvgIpc) is 3.00. The lowest BCUT2D eigenvalue weighted by Crippen LogP contribution is -2.39. The van der Waals surface area contributed by atoms with E-state index in [0.717, 1.165) is 17.5 Å². The fraction of sp³-hybridized carbons (Fsp3) is 0.450. The summed E-state index contributed by atoms with van der Waals surface area (Å²) in [5, 5.41) is 0. The van der Waals surface area contributed by atoms with Crippen molar-refractivity contribution in [3.8, 4) is 0 Å². The summed E-state index contributed by atoms with van der Waals surface area (Å²) in [5.41, 5.74) is 2.40. The van der Waals surface area contributed by atoms with Gasteiger partial charge in [0.15, 0.2) is 0 Å². The van der Waals surface area contributed by atoms with Crippen LogP contribution in [-0.4, -0.2) is 31.3 Å². The number of hydrogen-bond donors (Lipinski definition) is 0. The van der Waals surface area contributed by atoms with Crippen molar-refractivity contribution in [2.75, 3.05) is 13.7 Å². The van der Waals surface area contributed by atoms with Crippen LogP contribution < -0.4 is 0 Å². The first kappa shape index (κ1) is 16.1. The molecule has 0 N–H and O–H groups in total. The van der Waals surface area contributed by atoms with Crippen LogP contribution in [0.5, 0.6) is 0 Å². The summed E-state index contributed by atoms with van der Waals surface area (Å²) in [4.78, 5) is 37.9. The molecule has 0 bridgehead atoms. The smallest absolute Gasteiger partial charge is 0.316 e. The number of carbonyl (C=O) groups excluding carboxylic acids is 3. The predicted molar refractivity (Wildman–Crippen MR) is 90.1 cm³/mol. The molecule has 0 fully saturated rings. The topological polar surface area (TPSA) is 69.7 Å². The van der Waals surface area contributed by atoms with E-state index in [9.17, 15) is 14.4 Å². The second-order valence-corrected chi connectivity index (χ2v) is 7.30. The van der Waals surface area contributed by atoms with Gasteiger partial charge in [-0.3, -0.25) is 14.4 Å². The fourth-order valence-electron chi connectivity index (χ4n) is 4.44. The second kappa shape index (κ2) is 5.28. The molecule has 1 aromatic rings. The highest BCUT2D eigenvalue weighted by atomic mass is 16.5. The Bertz CT molecular complexity index is 863. The third-order valence-electron chi connectivity index (χ3n) is 5.78. The first-order valence-corrected chi connectivity index (χ1v) is 8.61. The van der Waals surface area contributed by atoms with Gasteiger partial charge < -0.3 is 9.47 Å². The van der Waals surface area contributed by atoms with Crippen LogP contribution >= 0.6 is 0 Å². The number of ketones is 2. The Kier molecular flexibility index (Phi) is 3.39. The highest BCUT2D eigenvalue weighted by molar-refractivity contribution is 6.52. The van der Waals surface area contributed by atoms with Gasteiger partial charge in [0.2, 0.25) is 11.6 Å². The van der Waals surface area contributed by atoms with Gasteiger partial charge in [0.25, 0.3) is 0 Å². The zero-order valence-corrected chi connectivity index (χ0v) is 14.6. The molecule has 5 nitrogen and oxygen atoms in total. The Morgan fingerprint density at radius 1 is 1.28 bits per heavy atom. The van der Waals surface area contributed by atoms with Crippen molar-refractivity contribution in [3.05, 3.63) is 40.0 Å². The molecular formula is C20H20O5. The van der Waals surface area contributed by atoms with Gasteiger partial charge in [-0.05, 0) is 37.3 Å². The minimum atomic E-state index is -0.792. The summed E-state index contributed by atoms with van der Waals surface area (Å²) in [6.45, 7) is 4.16. The number of ether oxygens (including phenoxy) is 2.